The largest absolute Gasteiger partial charge is 0.497 e. The summed E-state index contributed by atoms with van der Waals surface area (Å²) in [5, 5.41) is 2.75. The van der Waals surface area contributed by atoms with E-state index in [1.807, 2.05) is 0 Å². The second-order valence-corrected chi connectivity index (χ2v) is 5.18. The van der Waals surface area contributed by atoms with E-state index < -0.39 is 18.6 Å². The molecule has 1 atom stereocenters. The molecule has 7 heteroatoms. The standard InChI is InChI=1S/C18H19F2NO4/c1-11(13-9-8-12(23-2)10-16(13)24-3)21-17(22)14-6-4-5-7-15(14)25-18(19)20/h4-11,18H,1-3H3,(H,21,22). The summed E-state index contributed by atoms with van der Waals surface area (Å²) in [6.07, 6.45) is 0. The highest BCUT2D eigenvalue weighted by molar-refractivity contribution is 5.97. The second kappa shape index (κ2) is 8.32. The summed E-state index contributed by atoms with van der Waals surface area (Å²) >= 11 is 0. The van der Waals surface area contributed by atoms with Crippen LogP contribution in [0.4, 0.5) is 8.78 Å². The number of hydrogen-bond acceptors (Lipinski definition) is 4. The van der Waals surface area contributed by atoms with Gasteiger partial charge in [0.1, 0.15) is 17.2 Å². The maximum atomic E-state index is 12.5. The Morgan fingerprint density at radius 3 is 2.40 bits per heavy atom. The Labute approximate surface area is 144 Å². The van der Waals surface area contributed by atoms with Crippen LogP contribution in [0.3, 0.4) is 0 Å². The molecule has 0 aromatic heterocycles. The van der Waals surface area contributed by atoms with Crippen LogP contribution in [0, 0.1) is 0 Å². The molecule has 0 bridgehead atoms. The number of amides is 1. The first-order chi connectivity index (χ1) is 12.0. The van der Waals surface area contributed by atoms with E-state index in [-0.39, 0.29) is 11.3 Å². The number of nitrogens with one attached hydrogen (secondary N) is 1. The van der Waals surface area contributed by atoms with E-state index in [9.17, 15) is 13.6 Å². The topological polar surface area (TPSA) is 56.8 Å². The first-order valence-corrected chi connectivity index (χ1v) is 7.53. The van der Waals surface area contributed by atoms with Gasteiger partial charge in [0.15, 0.2) is 0 Å². The summed E-state index contributed by atoms with van der Waals surface area (Å²) < 4.78 is 39.8. The lowest BCUT2D eigenvalue weighted by atomic mass is 10.1. The average molecular weight is 351 g/mol. The molecular weight excluding hydrogens is 332 g/mol. The number of benzene rings is 2. The highest BCUT2D eigenvalue weighted by Gasteiger charge is 2.19. The lowest BCUT2D eigenvalue weighted by molar-refractivity contribution is -0.0501. The van der Waals surface area contributed by atoms with Crippen molar-refractivity contribution in [2.75, 3.05) is 14.2 Å². The molecule has 0 saturated carbocycles. The molecular formula is C18H19F2NO4. The molecule has 0 saturated heterocycles. The van der Waals surface area contributed by atoms with E-state index in [0.29, 0.717) is 11.5 Å². The van der Waals surface area contributed by atoms with Gasteiger partial charge in [0.2, 0.25) is 0 Å². The van der Waals surface area contributed by atoms with Gasteiger partial charge < -0.3 is 19.5 Å². The molecule has 0 aliphatic carbocycles. The highest BCUT2D eigenvalue weighted by atomic mass is 19.3. The van der Waals surface area contributed by atoms with Gasteiger partial charge in [-0.25, -0.2) is 0 Å². The quantitative estimate of drug-likeness (QED) is 0.824. The fourth-order valence-corrected chi connectivity index (χ4v) is 2.38. The summed E-state index contributed by atoms with van der Waals surface area (Å²) in [5.41, 5.74) is 0.756. The van der Waals surface area contributed by atoms with Crippen molar-refractivity contribution in [3.05, 3.63) is 53.6 Å². The number of hydrogen-bond donors (Lipinski definition) is 1. The van der Waals surface area contributed by atoms with Crippen molar-refractivity contribution in [2.45, 2.75) is 19.6 Å². The number of para-hydroxylation sites is 1. The third-order valence-electron chi connectivity index (χ3n) is 3.60. The van der Waals surface area contributed by atoms with E-state index in [1.54, 1.807) is 38.3 Å². The van der Waals surface area contributed by atoms with Gasteiger partial charge >= 0.3 is 6.61 Å². The molecule has 2 aromatic rings. The van der Waals surface area contributed by atoms with Crippen LogP contribution in [0.1, 0.15) is 28.9 Å². The molecule has 2 aromatic carbocycles. The van der Waals surface area contributed by atoms with Crippen molar-refractivity contribution in [3.63, 3.8) is 0 Å². The third-order valence-corrected chi connectivity index (χ3v) is 3.60. The number of rotatable bonds is 7. The highest BCUT2D eigenvalue weighted by Crippen LogP contribution is 2.30. The third kappa shape index (κ3) is 4.59. The predicted molar refractivity (Wildman–Crippen MR) is 88.5 cm³/mol. The van der Waals surface area contributed by atoms with Crippen LogP contribution in [0.2, 0.25) is 0 Å². The van der Waals surface area contributed by atoms with Crippen molar-refractivity contribution in [1.82, 2.24) is 5.32 Å². The Kier molecular flexibility index (Phi) is 6.16. The van der Waals surface area contributed by atoms with Gasteiger partial charge in [-0.2, -0.15) is 8.78 Å². The van der Waals surface area contributed by atoms with Crippen LogP contribution in [0.5, 0.6) is 17.2 Å². The molecule has 0 radical (unpaired) electrons. The summed E-state index contributed by atoms with van der Waals surface area (Å²) in [7, 11) is 3.05. The van der Waals surface area contributed by atoms with Crippen LogP contribution in [0.25, 0.3) is 0 Å². The lowest BCUT2D eigenvalue weighted by Crippen LogP contribution is -2.27. The Balaban J connectivity index is 2.21. The van der Waals surface area contributed by atoms with Crippen molar-refractivity contribution >= 4 is 5.91 Å². The molecule has 134 valence electrons. The first kappa shape index (κ1) is 18.5. The zero-order chi connectivity index (χ0) is 18.4. The predicted octanol–water partition coefficient (Wildman–Crippen LogP) is 3.80. The van der Waals surface area contributed by atoms with Gasteiger partial charge in [-0.05, 0) is 31.2 Å². The number of halogens is 2. The molecule has 1 unspecified atom stereocenters. The smallest absolute Gasteiger partial charge is 0.387 e. The summed E-state index contributed by atoms with van der Waals surface area (Å²) in [4.78, 5) is 12.5. The fourth-order valence-electron chi connectivity index (χ4n) is 2.38. The Bertz CT molecular complexity index is 737. The lowest BCUT2D eigenvalue weighted by Gasteiger charge is -2.19. The average Bonchev–Trinajstić information content (AvgIpc) is 2.60. The van der Waals surface area contributed by atoms with Gasteiger partial charge in [-0.1, -0.05) is 12.1 Å². The second-order valence-electron chi connectivity index (χ2n) is 5.18. The minimum atomic E-state index is -3.01. The molecule has 5 nitrogen and oxygen atoms in total. The monoisotopic (exact) mass is 351 g/mol. The van der Waals surface area contributed by atoms with E-state index in [0.717, 1.165) is 5.56 Å². The SMILES string of the molecule is COc1ccc(C(C)NC(=O)c2ccccc2OC(F)F)c(OC)c1. The molecule has 1 N–H and O–H groups in total. The zero-order valence-corrected chi connectivity index (χ0v) is 14.1. The van der Waals surface area contributed by atoms with Crippen LogP contribution in [0.15, 0.2) is 42.5 Å². The van der Waals surface area contributed by atoms with Crippen molar-refractivity contribution in [2.24, 2.45) is 0 Å². The Morgan fingerprint density at radius 1 is 1.04 bits per heavy atom. The molecule has 2 rings (SSSR count). The van der Waals surface area contributed by atoms with Gasteiger partial charge in [0, 0.05) is 11.6 Å². The molecule has 0 spiro atoms. The maximum Gasteiger partial charge on any atom is 0.387 e. The minimum Gasteiger partial charge on any atom is -0.497 e. The molecule has 0 heterocycles. The van der Waals surface area contributed by atoms with Gasteiger partial charge in [-0.3, -0.25) is 4.79 Å². The molecule has 1 amide bonds. The number of ether oxygens (including phenoxy) is 3. The number of carbonyl (C=O) groups excluding carboxylic acids is 1. The van der Waals surface area contributed by atoms with Crippen molar-refractivity contribution < 1.29 is 27.8 Å². The number of alkyl halides is 2. The zero-order valence-electron chi connectivity index (χ0n) is 14.1. The summed E-state index contributed by atoms with van der Waals surface area (Å²) in [6, 6.07) is 10.6. The normalized spacial score (nSPS) is 11.8. The van der Waals surface area contributed by atoms with Gasteiger partial charge in [0.05, 0.1) is 25.8 Å². The molecule has 25 heavy (non-hydrogen) atoms. The summed E-state index contributed by atoms with van der Waals surface area (Å²) in [6.45, 7) is -1.24. The minimum absolute atomic E-state index is 0.0297. The maximum absolute atomic E-state index is 12.5. The van der Waals surface area contributed by atoms with Crippen LogP contribution in [-0.2, 0) is 0 Å². The van der Waals surface area contributed by atoms with E-state index in [2.05, 4.69) is 10.1 Å². The van der Waals surface area contributed by atoms with E-state index >= 15 is 0 Å². The van der Waals surface area contributed by atoms with Gasteiger partial charge in [-0.15, -0.1) is 0 Å². The van der Waals surface area contributed by atoms with E-state index in [1.165, 1.54) is 25.3 Å². The number of methoxy groups -OCH3 is 2. The summed E-state index contributed by atoms with van der Waals surface area (Å²) in [5.74, 6) is 0.463. The molecule has 0 aliphatic rings. The van der Waals surface area contributed by atoms with E-state index in [4.69, 9.17) is 9.47 Å². The Morgan fingerprint density at radius 2 is 1.76 bits per heavy atom. The van der Waals surface area contributed by atoms with Crippen LogP contribution >= 0.6 is 0 Å². The Hall–Kier alpha value is -2.83. The fraction of sp³-hybridized carbons (Fsp3) is 0.278. The van der Waals surface area contributed by atoms with Crippen molar-refractivity contribution in [1.29, 1.82) is 0 Å². The van der Waals surface area contributed by atoms with Crippen molar-refractivity contribution in [3.8, 4) is 17.2 Å². The molecule has 0 aliphatic heterocycles. The first-order valence-electron chi connectivity index (χ1n) is 7.53. The van der Waals surface area contributed by atoms with Crippen LogP contribution < -0.4 is 19.5 Å². The van der Waals surface area contributed by atoms with Crippen LogP contribution in [-0.4, -0.2) is 26.7 Å². The number of carbonyl (C=O) groups is 1. The van der Waals surface area contributed by atoms with Gasteiger partial charge in [0.25, 0.3) is 5.91 Å². The molecule has 0 fully saturated rings.